The minimum Gasteiger partial charge on any atom is -0.490 e. The largest absolute Gasteiger partial charge is 0.490 e. The van der Waals surface area contributed by atoms with E-state index in [1.54, 1.807) is 12.3 Å². The van der Waals surface area contributed by atoms with E-state index < -0.39 is 0 Å². The third-order valence-electron chi connectivity index (χ3n) is 3.27. The van der Waals surface area contributed by atoms with Gasteiger partial charge in [0.05, 0.1) is 24.0 Å². The highest BCUT2D eigenvalue weighted by molar-refractivity contribution is 7.99. The monoisotopic (exact) mass is 330 g/mol. The van der Waals surface area contributed by atoms with Crippen molar-refractivity contribution < 1.29 is 14.3 Å². The first kappa shape index (κ1) is 15.7. The number of aryl methyl sites for hydroxylation is 1. The topological polar surface area (TPSA) is 60.5 Å². The molecule has 120 valence electrons. The third kappa shape index (κ3) is 4.39. The summed E-state index contributed by atoms with van der Waals surface area (Å²) in [6.45, 7) is 3.26. The molecule has 0 bridgehead atoms. The lowest BCUT2D eigenvalue weighted by Gasteiger charge is -2.10. The number of anilines is 1. The number of thioether (sulfide) groups is 1. The molecule has 0 fully saturated rings. The summed E-state index contributed by atoms with van der Waals surface area (Å²) in [6, 6.07) is 9.34. The number of hydrogen-bond acceptors (Lipinski definition) is 5. The van der Waals surface area contributed by atoms with Gasteiger partial charge in [-0.25, -0.2) is 4.98 Å². The standard InChI is InChI=1S/C17H18N2O3S/c1-12-3-6-17(18-10-12)23-11-16(20)19-13-4-5-14-15(9-13)22-8-2-7-21-14/h3-6,9-10H,2,7-8,11H2,1H3,(H,19,20). The molecule has 2 heterocycles. The first-order valence-electron chi connectivity index (χ1n) is 7.46. The van der Waals surface area contributed by atoms with Crippen LogP contribution in [-0.4, -0.2) is 29.9 Å². The predicted octanol–water partition coefficient (Wildman–Crippen LogP) is 3.28. The number of pyridine rings is 1. The maximum atomic E-state index is 12.1. The Labute approximate surface area is 139 Å². The average molecular weight is 330 g/mol. The molecule has 6 heteroatoms. The highest BCUT2D eigenvalue weighted by Crippen LogP contribution is 2.32. The molecule has 1 aromatic heterocycles. The van der Waals surface area contributed by atoms with Gasteiger partial charge < -0.3 is 14.8 Å². The number of aromatic nitrogens is 1. The fourth-order valence-electron chi connectivity index (χ4n) is 2.12. The van der Waals surface area contributed by atoms with Crippen LogP contribution in [-0.2, 0) is 4.79 Å². The molecule has 0 atom stereocenters. The number of benzene rings is 1. The molecule has 0 saturated carbocycles. The Bertz CT molecular complexity index is 689. The summed E-state index contributed by atoms with van der Waals surface area (Å²) in [4.78, 5) is 16.3. The minimum atomic E-state index is -0.0770. The minimum absolute atomic E-state index is 0.0770. The van der Waals surface area contributed by atoms with Gasteiger partial charge in [0.25, 0.3) is 0 Å². The molecule has 1 N–H and O–H groups in total. The Balaban J connectivity index is 1.57. The van der Waals surface area contributed by atoms with Crippen molar-refractivity contribution in [3.63, 3.8) is 0 Å². The average Bonchev–Trinajstić information content (AvgIpc) is 2.79. The van der Waals surface area contributed by atoms with Gasteiger partial charge in [-0.1, -0.05) is 17.8 Å². The highest BCUT2D eigenvalue weighted by Gasteiger charge is 2.12. The number of carbonyl (C=O) groups excluding carboxylic acids is 1. The third-order valence-corrected chi connectivity index (χ3v) is 4.21. The maximum Gasteiger partial charge on any atom is 0.234 e. The molecule has 1 aliphatic rings. The highest BCUT2D eigenvalue weighted by atomic mass is 32.2. The zero-order valence-electron chi connectivity index (χ0n) is 12.9. The first-order valence-corrected chi connectivity index (χ1v) is 8.44. The van der Waals surface area contributed by atoms with Gasteiger partial charge in [0.1, 0.15) is 0 Å². The van der Waals surface area contributed by atoms with Gasteiger partial charge in [0.2, 0.25) is 5.91 Å². The first-order chi connectivity index (χ1) is 11.2. The summed E-state index contributed by atoms with van der Waals surface area (Å²) in [7, 11) is 0. The van der Waals surface area contributed by atoms with Crippen LogP contribution in [0.5, 0.6) is 11.5 Å². The van der Waals surface area contributed by atoms with Crippen LogP contribution in [0.1, 0.15) is 12.0 Å². The Morgan fingerprint density at radius 3 is 2.83 bits per heavy atom. The zero-order chi connectivity index (χ0) is 16.1. The van der Waals surface area contributed by atoms with Crippen LogP contribution >= 0.6 is 11.8 Å². The van der Waals surface area contributed by atoms with Crippen molar-refractivity contribution in [2.75, 3.05) is 24.3 Å². The van der Waals surface area contributed by atoms with Crippen LogP contribution in [0.15, 0.2) is 41.6 Å². The lowest BCUT2D eigenvalue weighted by atomic mass is 10.2. The van der Waals surface area contributed by atoms with Gasteiger partial charge in [0.15, 0.2) is 11.5 Å². The van der Waals surface area contributed by atoms with Crippen molar-refractivity contribution in [1.82, 2.24) is 4.98 Å². The molecule has 1 amide bonds. The Hall–Kier alpha value is -2.21. The molecule has 0 aliphatic carbocycles. The number of rotatable bonds is 4. The van der Waals surface area contributed by atoms with Crippen LogP contribution in [0, 0.1) is 6.92 Å². The molecule has 1 aliphatic heterocycles. The second-order valence-electron chi connectivity index (χ2n) is 5.22. The van der Waals surface area contributed by atoms with Gasteiger partial charge in [-0.3, -0.25) is 4.79 Å². The number of nitrogens with one attached hydrogen (secondary N) is 1. The van der Waals surface area contributed by atoms with Gasteiger partial charge in [-0.05, 0) is 30.7 Å². The fourth-order valence-corrected chi connectivity index (χ4v) is 2.76. The quantitative estimate of drug-likeness (QED) is 0.872. The summed E-state index contributed by atoms with van der Waals surface area (Å²) in [5, 5.41) is 3.71. The predicted molar refractivity (Wildman–Crippen MR) is 90.4 cm³/mol. The summed E-state index contributed by atoms with van der Waals surface area (Å²) < 4.78 is 11.2. The van der Waals surface area contributed by atoms with E-state index in [2.05, 4.69) is 10.3 Å². The Morgan fingerprint density at radius 2 is 2.04 bits per heavy atom. The molecular weight excluding hydrogens is 312 g/mol. The summed E-state index contributed by atoms with van der Waals surface area (Å²) in [5.41, 5.74) is 1.81. The molecule has 2 aromatic rings. The van der Waals surface area contributed by atoms with Crippen molar-refractivity contribution in [3.05, 3.63) is 42.1 Å². The molecule has 23 heavy (non-hydrogen) atoms. The molecule has 3 rings (SSSR count). The number of nitrogens with zero attached hydrogens (tertiary/aromatic N) is 1. The van der Waals surface area contributed by atoms with E-state index in [1.165, 1.54) is 11.8 Å². The molecule has 5 nitrogen and oxygen atoms in total. The van der Waals surface area contributed by atoms with Crippen molar-refractivity contribution in [3.8, 4) is 11.5 Å². The summed E-state index contributed by atoms with van der Waals surface area (Å²) >= 11 is 1.41. The van der Waals surface area contributed by atoms with Crippen molar-refractivity contribution >= 4 is 23.4 Å². The normalized spacial score (nSPS) is 13.3. The molecule has 0 radical (unpaired) electrons. The SMILES string of the molecule is Cc1ccc(SCC(=O)Nc2ccc3c(c2)OCCCO3)nc1. The van der Waals surface area contributed by atoms with Crippen LogP contribution in [0.25, 0.3) is 0 Å². The summed E-state index contributed by atoms with van der Waals surface area (Å²) in [6.07, 6.45) is 2.65. The molecule has 1 aromatic carbocycles. The fraction of sp³-hybridized carbons (Fsp3) is 0.294. The van der Waals surface area contributed by atoms with E-state index in [4.69, 9.17) is 9.47 Å². The molecule has 0 saturated heterocycles. The number of hydrogen-bond donors (Lipinski definition) is 1. The zero-order valence-corrected chi connectivity index (χ0v) is 13.7. The van der Waals surface area contributed by atoms with E-state index in [0.29, 0.717) is 30.4 Å². The molecule has 0 unspecified atom stereocenters. The van der Waals surface area contributed by atoms with Gasteiger partial charge >= 0.3 is 0 Å². The second-order valence-corrected chi connectivity index (χ2v) is 6.22. The van der Waals surface area contributed by atoms with E-state index in [-0.39, 0.29) is 5.91 Å². The second kappa shape index (κ2) is 7.37. The van der Waals surface area contributed by atoms with E-state index in [1.807, 2.05) is 31.2 Å². The van der Waals surface area contributed by atoms with Crippen molar-refractivity contribution in [2.45, 2.75) is 18.4 Å². The van der Waals surface area contributed by atoms with Crippen LogP contribution < -0.4 is 14.8 Å². The van der Waals surface area contributed by atoms with Gasteiger partial charge in [-0.2, -0.15) is 0 Å². The number of fused-ring (bicyclic) bond motifs is 1. The lowest BCUT2D eigenvalue weighted by Crippen LogP contribution is -2.14. The maximum absolute atomic E-state index is 12.1. The molecular formula is C17H18N2O3S. The van der Waals surface area contributed by atoms with E-state index in [0.717, 1.165) is 22.8 Å². The van der Waals surface area contributed by atoms with Crippen molar-refractivity contribution in [2.24, 2.45) is 0 Å². The lowest BCUT2D eigenvalue weighted by molar-refractivity contribution is -0.113. The number of carbonyl (C=O) groups is 1. The smallest absolute Gasteiger partial charge is 0.234 e. The van der Waals surface area contributed by atoms with Gasteiger partial charge in [0, 0.05) is 24.4 Å². The Morgan fingerprint density at radius 1 is 1.22 bits per heavy atom. The van der Waals surface area contributed by atoms with E-state index in [9.17, 15) is 4.79 Å². The number of amides is 1. The molecule has 0 spiro atoms. The van der Waals surface area contributed by atoms with Crippen LogP contribution in [0.3, 0.4) is 0 Å². The summed E-state index contributed by atoms with van der Waals surface area (Å²) in [5.74, 6) is 1.63. The van der Waals surface area contributed by atoms with Crippen LogP contribution in [0.4, 0.5) is 5.69 Å². The van der Waals surface area contributed by atoms with Crippen molar-refractivity contribution in [1.29, 1.82) is 0 Å². The van der Waals surface area contributed by atoms with E-state index >= 15 is 0 Å². The van der Waals surface area contributed by atoms with Crippen LogP contribution in [0.2, 0.25) is 0 Å². The Kier molecular flexibility index (Phi) is 5.02. The number of ether oxygens (including phenoxy) is 2. The van der Waals surface area contributed by atoms with Gasteiger partial charge in [-0.15, -0.1) is 0 Å².